The number of nitrogens with one attached hydrogen (secondary N) is 2. The van der Waals surface area contributed by atoms with Crippen LogP contribution in [-0.2, 0) is 4.74 Å². The van der Waals surface area contributed by atoms with Crippen molar-refractivity contribution in [3.05, 3.63) is 84.2 Å². The van der Waals surface area contributed by atoms with Gasteiger partial charge in [-0.3, -0.25) is 10.1 Å². The van der Waals surface area contributed by atoms with Crippen molar-refractivity contribution in [3.63, 3.8) is 0 Å². The number of ether oxygens (including phenoxy) is 1. The van der Waals surface area contributed by atoms with Gasteiger partial charge in [-0.1, -0.05) is 86.7 Å². The number of ketones is 1. The molecule has 0 aromatic heterocycles. The summed E-state index contributed by atoms with van der Waals surface area (Å²) < 4.78 is 19.1. The third kappa shape index (κ3) is 10.5. The van der Waals surface area contributed by atoms with E-state index >= 15 is 0 Å². The van der Waals surface area contributed by atoms with Gasteiger partial charge in [0.05, 0.1) is 17.8 Å². The number of benzene rings is 3. The maximum atomic E-state index is 13.4. The van der Waals surface area contributed by atoms with E-state index < -0.39 is 17.7 Å². The first-order valence-electron chi connectivity index (χ1n) is 15.6. The molecule has 0 unspecified atom stereocenters. The number of amides is 1. The minimum absolute atomic E-state index is 0.0225. The Hall–Kier alpha value is -3.75. The largest absolute Gasteiger partial charge is 0.504 e. The molecule has 0 bridgehead atoms. The average molecular weight is 590 g/mol. The fourth-order valence-electron chi connectivity index (χ4n) is 5.51. The van der Waals surface area contributed by atoms with Crippen molar-refractivity contribution in [2.75, 3.05) is 38.0 Å². The van der Waals surface area contributed by atoms with Gasteiger partial charge >= 0.3 is 6.09 Å². The Morgan fingerprint density at radius 2 is 1.51 bits per heavy atom. The zero-order chi connectivity index (χ0) is 30.3. The number of aromatic hydroxyl groups is 1. The van der Waals surface area contributed by atoms with Gasteiger partial charge < -0.3 is 20.1 Å². The van der Waals surface area contributed by atoms with E-state index in [-0.39, 0.29) is 24.0 Å². The number of likely N-dealkylation sites (tertiary alicyclic amines) is 1. The Balaban J connectivity index is 0.993. The van der Waals surface area contributed by atoms with E-state index in [0.717, 1.165) is 74.7 Å². The third-order valence-electron chi connectivity index (χ3n) is 7.96. The number of rotatable bonds is 16. The predicted molar refractivity (Wildman–Crippen MR) is 169 cm³/mol. The lowest BCUT2D eigenvalue weighted by molar-refractivity contribution is 0.0584. The maximum absolute atomic E-state index is 13.4. The minimum Gasteiger partial charge on any atom is -0.504 e. The lowest BCUT2D eigenvalue weighted by Crippen LogP contribution is -2.38. The van der Waals surface area contributed by atoms with Crippen LogP contribution in [0.5, 0.6) is 5.75 Å². The second-order valence-corrected chi connectivity index (χ2v) is 11.2. The first-order chi connectivity index (χ1) is 21.0. The number of nitrogens with zero attached hydrogens (tertiary/aromatic N) is 1. The number of para-hydroxylation sites is 2. The van der Waals surface area contributed by atoms with E-state index in [4.69, 9.17) is 4.74 Å². The number of unbranched alkanes of at least 4 members (excludes halogenated alkanes) is 6. The summed E-state index contributed by atoms with van der Waals surface area (Å²) in [5.74, 6) is -1.65. The summed E-state index contributed by atoms with van der Waals surface area (Å²) in [5, 5.41) is 15.7. The highest BCUT2D eigenvalue weighted by Gasteiger charge is 2.22. The molecule has 1 fully saturated rings. The molecule has 3 aromatic carbocycles. The van der Waals surface area contributed by atoms with Crippen LogP contribution in [0.15, 0.2) is 72.8 Å². The minimum atomic E-state index is -0.774. The van der Waals surface area contributed by atoms with Crippen LogP contribution in [0.3, 0.4) is 0 Å². The van der Waals surface area contributed by atoms with Gasteiger partial charge in [-0.2, -0.15) is 0 Å². The molecule has 43 heavy (non-hydrogen) atoms. The molecular weight excluding hydrogens is 545 g/mol. The summed E-state index contributed by atoms with van der Waals surface area (Å²) in [6, 6.07) is 21.8. The topological polar surface area (TPSA) is 90.9 Å². The summed E-state index contributed by atoms with van der Waals surface area (Å²) in [5.41, 5.74) is 2.80. The van der Waals surface area contributed by atoms with E-state index in [2.05, 4.69) is 15.5 Å². The summed E-state index contributed by atoms with van der Waals surface area (Å²) >= 11 is 0. The number of piperidine rings is 1. The smallest absolute Gasteiger partial charge is 0.411 e. The Labute approximate surface area is 254 Å². The van der Waals surface area contributed by atoms with Crippen LogP contribution in [0, 0.1) is 5.82 Å². The molecule has 4 rings (SSSR count). The van der Waals surface area contributed by atoms with Crippen LogP contribution in [0.2, 0.25) is 0 Å². The van der Waals surface area contributed by atoms with Crippen LogP contribution in [-0.4, -0.2) is 60.7 Å². The fourth-order valence-corrected chi connectivity index (χ4v) is 5.51. The zero-order valence-electron chi connectivity index (χ0n) is 24.9. The van der Waals surface area contributed by atoms with Crippen LogP contribution in [0.25, 0.3) is 11.1 Å². The molecule has 1 aliphatic heterocycles. The first kappa shape index (κ1) is 32.2. The summed E-state index contributed by atoms with van der Waals surface area (Å²) in [6.07, 6.45) is 9.33. The molecule has 1 amide bonds. The first-order valence-corrected chi connectivity index (χ1v) is 15.6. The predicted octanol–water partition coefficient (Wildman–Crippen LogP) is 7.41. The molecule has 230 valence electrons. The van der Waals surface area contributed by atoms with Crippen LogP contribution in [0.1, 0.15) is 68.1 Å². The number of hydrogen-bond acceptors (Lipinski definition) is 6. The molecule has 0 radical (unpaired) electrons. The van der Waals surface area contributed by atoms with E-state index in [1.807, 2.05) is 54.6 Å². The number of carbonyl (C=O) groups is 2. The highest BCUT2D eigenvalue weighted by molar-refractivity contribution is 6.00. The lowest BCUT2D eigenvalue weighted by Gasteiger charge is -2.31. The third-order valence-corrected chi connectivity index (χ3v) is 7.96. The second kappa shape index (κ2) is 17.4. The molecule has 1 saturated heterocycles. The van der Waals surface area contributed by atoms with E-state index in [9.17, 15) is 19.1 Å². The molecule has 0 spiro atoms. The van der Waals surface area contributed by atoms with Gasteiger partial charge in [-0.05, 0) is 62.5 Å². The normalized spacial score (nSPS) is 14.0. The van der Waals surface area contributed by atoms with Crippen molar-refractivity contribution in [2.24, 2.45) is 0 Å². The Morgan fingerprint density at radius 3 is 2.28 bits per heavy atom. The zero-order valence-corrected chi connectivity index (χ0v) is 24.9. The Kier molecular flexibility index (Phi) is 13.0. The molecule has 1 aliphatic rings. The number of Topliss-reactive ketones (excluding diaryl/α,β-unsaturated/α-hetero) is 1. The van der Waals surface area contributed by atoms with E-state index in [1.165, 1.54) is 44.2 Å². The van der Waals surface area contributed by atoms with Gasteiger partial charge in [0.2, 0.25) is 0 Å². The van der Waals surface area contributed by atoms with Gasteiger partial charge in [-0.15, -0.1) is 0 Å². The number of phenolic OH excluding ortho intramolecular Hbond substituents is 1. The van der Waals surface area contributed by atoms with Crippen molar-refractivity contribution in [1.29, 1.82) is 0 Å². The van der Waals surface area contributed by atoms with Crippen molar-refractivity contribution in [1.82, 2.24) is 10.2 Å². The van der Waals surface area contributed by atoms with E-state index in [0.29, 0.717) is 0 Å². The Morgan fingerprint density at radius 1 is 0.837 bits per heavy atom. The highest BCUT2D eigenvalue weighted by atomic mass is 19.1. The second-order valence-electron chi connectivity index (χ2n) is 11.2. The number of carbonyl (C=O) groups excluding carboxylic acids is 2. The molecular formula is C35H44FN3O4. The number of phenols is 1. The van der Waals surface area contributed by atoms with Crippen LogP contribution >= 0.6 is 0 Å². The molecule has 3 aromatic rings. The molecule has 1 heterocycles. The van der Waals surface area contributed by atoms with Crippen molar-refractivity contribution >= 4 is 17.6 Å². The molecule has 8 heteroatoms. The summed E-state index contributed by atoms with van der Waals surface area (Å²) in [4.78, 5) is 27.2. The average Bonchev–Trinajstić information content (AvgIpc) is 3.02. The highest BCUT2D eigenvalue weighted by Crippen LogP contribution is 2.28. The van der Waals surface area contributed by atoms with Crippen molar-refractivity contribution in [3.8, 4) is 16.9 Å². The number of anilines is 1. The van der Waals surface area contributed by atoms with E-state index in [1.54, 1.807) is 0 Å². The Bertz CT molecular complexity index is 1300. The van der Waals surface area contributed by atoms with Gasteiger partial charge in [0.25, 0.3) is 0 Å². The lowest BCUT2D eigenvalue weighted by atomic mass is 10.0. The molecule has 0 aliphatic carbocycles. The number of hydrogen-bond donors (Lipinski definition) is 3. The van der Waals surface area contributed by atoms with Gasteiger partial charge in [-0.25, -0.2) is 9.18 Å². The van der Waals surface area contributed by atoms with Gasteiger partial charge in [0, 0.05) is 18.7 Å². The summed E-state index contributed by atoms with van der Waals surface area (Å²) in [6.45, 7) is 3.81. The van der Waals surface area contributed by atoms with Gasteiger partial charge in [0.15, 0.2) is 17.3 Å². The van der Waals surface area contributed by atoms with Crippen LogP contribution < -0.4 is 10.6 Å². The summed E-state index contributed by atoms with van der Waals surface area (Å²) in [7, 11) is 0. The standard InChI is InChI=1S/C35H44FN3O4/c36-31-18-13-17-30(34(31)41)33(40)26-37-22-11-4-2-1-3-5-12-23-39-24-20-28(21-25-39)43-35(42)38-32-19-10-9-16-29(32)27-14-7-6-8-15-27/h6-10,13-19,28,37,41H,1-5,11-12,20-26H2,(H,38,42). The molecule has 7 nitrogen and oxygen atoms in total. The fraction of sp³-hybridized carbons (Fsp3) is 0.429. The quantitative estimate of drug-likeness (QED) is 0.119. The van der Waals surface area contributed by atoms with Crippen LogP contribution in [0.4, 0.5) is 14.9 Å². The molecule has 0 atom stereocenters. The van der Waals surface area contributed by atoms with Gasteiger partial charge in [0.1, 0.15) is 6.10 Å². The number of halogens is 1. The maximum Gasteiger partial charge on any atom is 0.411 e. The monoisotopic (exact) mass is 589 g/mol. The SMILES string of the molecule is O=C(Nc1ccccc1-c1ccccc1)OC1CCN(CCCCCCCCCNCC(=O)c2cccc(F)c2O)CC1. The molecule has 3 N–H and O–H groups in total. The van der Waals surface area contributed by atoms with Crippen molar-refractivity contribution in [2.45, 2.75) is 63.9 Å². The molecule has 0 saturated carbocycles. The van der Waals surface area contributed by atoms with Crippen molar-refractivity contribution < 1.29 is 23.8 Å².